The molecule has 2 fully saturated rings. The van der Waals surface area contributed by atoms with Crippen LogP contribution in [-0.4, -0.2) is 45.1 Å². The summed E-state index contributed by atoms with van der Waals surface area (Å²) in [5, 5.41) is 0. The van der Waals surface area contributed by atoms with Gasteiger partial charge in [-0.05, 0) is 51.5 Å². The van der Waals surface area contributed by atoms with Crippen LogP contribution < -0.4 is 0 Å². The zero-order valence-electron chi connectivity index (χ0n) is 15.6. The lowest BCUT2D eigenvalue weighted by atomic mass is 10.1. The number of likely N-dealkylation sites (tertiary alicyclic amines) is 1. The van der Waals surface area contributed by atoms with E-state index >= 15 is 0 Å². The third kappa shape index (κ3) is 3.87. The van der Waals surface area contributed by atoms with Crippen molar-refractivity contribution in [1.29, 1.82) is 0 Å². The zero-order chi connectivity index (χ0) is 17.2. The van der Waals surface area contributed by atoms with E-state index in [0.29, 0.717) is 6.10 Å². The summed E-state index contributed by atoms with van der Waals surface area (Å²) in [6.45, 7) is 8.32. The average molecular weight is 342 g/mol. The summed E-state index contributed by atoms with van der Waals surface area (Å²) in [4.78, 5) is 11.6. The second-order valence-electron chi connectivity index (χ2n) is 7.88. The van der Waals surface area contributed by atoms with E-state index in [1.165, 1.54) is 37.1 Å². The number of piperidine rings is 1. The summed E-state index contributed by atoms with van der Waals surface area (Å²) in [6, 6.07) is 2.13. The van der Waals surface area contributed by atoms with Crippen LogP contribution in [0.3, 0.4) is 0 Å². The summed E-state index contributed by atoms with van der Waals surface area (Å²) in [5.41, 5.74) is 3.48. The first-order valence-electron chi connectivity index (χ1n) is 9.83. The fraction of sp³-hybridized carbons (Fsp3) is 0.700. The third-order valence-electron chi connectivity index (χ3n) is 5.83. The highest BCUT2D eigenvalue weighted by Crippen LogP contribution is 2.26. The molecular weight excluding hydrogens is 312 g/mol. The molecule has 0 unspecified atom stereocenters. The Kier molecular flexibility index (Phi) is 5.04. The second kappa shape index (κ2) is 7.42. The largest absolute Gasteiger partial charge is 0.378 e. The number of fused-ring (bicyclic) bond motifs is 1. The van der Waals surface area contributed by atoms with E-state index in [9.17, 15) is 0 Å². The summed E-state index contributed by atoms with van der Waals surface area (Å²) in [5.74, 6) is 1.65. The second-order valence-corrected chi connectivity index (χ2v) is 7.88. The van der Waals surface area contributed by atoms with E-state index in [-0.39, 0.29) is 0 Å². The van der Waals surface area contributed by atoms with Crippen LogP contribution in [0.15, 0.2) is 12.3 Å². The minimum absolute atomic E-state index is 0.463. The van der Waals surface area contributed by atoms with Gasteiger partial charge in [-0.15, -0.1) is 0 Å². The number of imidazole rings is 1. The first kappa shape index (κ1) is 17.0. The van der Waals surface area contributed by atoms with Gasteiger partial charge in [-0.25, -0.2) is 9.97 Å². The predicted molar refractivity (Wildman–Crippen MR) is 98.7 cm³/mol. The molecule has 0 bridgehead atoms. The van der Waals surface area contributed by atoms with E-state index in [1.54, 1.807) is 0 Å². The molecular formula is C20H30N4O. The Bertz CT molecular complexity index is 712. The van der Waals surface area contributed by atoms with Gasteiger partial charge in [-0.1, -0.05) is 12.8 Å². The van der Waals surface area contributed by atoms with Gasteiger partial charge in [-0.2, -0.15) is 0 Å². The summed E-state index contributed by atoms with van der Waals surface area (Å²) < 4.78 is 8.39. The van der Waals surface area contributed by atoms with Crippen LogP contribution in [0.25, 0.3) is 5.78 Å². The number of nitrogens with zero attached hydrogens (tertiary/aromatic N) is 4. The Morgan fingerprint density at radius 2 is 1.88 bits per heavy atom. The maximum atomic E-state index is 6.20. The maximum absolute atomic E-state index is 6.20. The molecule has 3 heterocycles. The lowest BCUT2D eigenvalue weighted by Gasteiger charge is -2.32. The van der Waals surface area contributed by atoms with Crippen LogP contribution >= 0.6 is 0 Å². The van der Waals surface area contributed by atoms with Gasteiger partial charge < -0.3 is 4.74 Å². The molecule has 0 N–H and O–H groups in total. The third-order valence-corrected chi connectivity index (χ3v) is 5.83. The molecule has 1 saturated heterocycles. The Morgan fingerprint density at radius 3 is 2.64 bits per heavy atom. The standard InChI is InChI=1S/C20H30N4O/c1-15-11-16(2)24-18(12-21-20(24)22-15)13-23-9-7-19(8-10-23)25-14-17-5-3-4-6-17/h11-12,17,19H,3-10,13-14H2,1-2H3. The van der Waals surface area contributed by atoms with Crippen LogP contribution in [0.1, 0.15) is 55.6 Å². The van der Waals surface area contributed by atoms with Crippen LogP contribution in [0.4, 0.5) is 0 Å². The highest BCUT2D eigenvalue weighted by atomic mass is 16.5. The molecule has 5 heteroatoms. The van der Waals surface area contributed by atoms with Gasteiger partial charge in [0.2, 0.25) is 5.78 Å². The SMILES string of the molecule is Cc1cc(C)n2c(CN3CCC(OCC4CCCC4)CC3)cnc2n1. The van der Waals surface area contributed by atoms with Crippen molar-refractivity contribution in [3.63, 3.8) is 0 Å². The normalized spacial score (nSPS) is 20.7. The molecule has 5 nitrogen and oxygen atoms in total. The molecule has 1 saturated carbocycles. The van der Waals surface area contributed by atoms with Crippen molar-refractivity contribution < 1.29 is 4.74 Å². The van der Waals surface area contributed by atoms with Gasteiger partial charge in [-0.3, -0.25) is 9.30 Å². The predicted octanol–water partition coefficient (Wildman–Crippen LogP) is 3.52. The number of ether oxygens (including phenoxy) is 1. The molecule has 0 spiro atoms. The summed E-state index contributed by atoms with van der Waals surface area (Å²) in [7, 11) is 0. The van der Waals surface area contributed by atoms with E-state index in [2.05, 4.69) is 32.3 Å². The topological polar surface area (TPSA) is 42.7 Å². The van der Waals surface area contributed by atoms with E-state index in [0.717, 1.165) is 56.5 Å². The minimum atomic E-state index is 0.463. The molecule has 0 atom stereocenters. The fourth-order valence-corrected chi connectivity index (χ4v) is 4.42. The monoisotopic (exact) mass is 342 g/mol. The van der Waals surface area contributed by atoms with Crippen molar-refractivity contribution in [1.82, 2.24) is 19.3 Å². The van der Waals surface area contributed by atoms with Crippen molar-refractivity contribution in [2.75, 3.05) is 19.7 Å². The molecule has 0 radical (unpaired) electrons. The van der Waals surface area contributed by atoms with Crippen LogP contribution in [0.5, 0.6) is 0 Å². The number of hydrogen-bond acceptors (Lipinski definition) is 4. The number of rotatable bonds is 5. The molecule has 0 aromatic carbocycles. The van der Waals surface area contributed by atoms with E-state index < -0.39 is 0 Å². The molecule has 1 aliphatic carbocycles. The van der Waals surface area contributed by atoms with Gasteiger partial charge in [0.25, 0.3) is 0 Å². The van der Waals surface area contributed by atoms with Crippen LogP contribution in [0, 0.1) is 19.8 Å². The lowest BCUT2D eigenvalue weighted by molar-refractivity contribution is -0.00984. The Labute approximate surface area is 150 Å². The molecule has 25 heavy (non-hydrogen) atoms. The van der Waals surface area contributed by atoms with Gasteiger partial charge in [0.05, 0.1) is 18.0 Å². The minimum Gasteiger partial charge on any atom is -0.378 e. The van der Waals surface area contributed by atoms with Crippen molar-refractivity contribution in [3.8, 4) is 0 Å². The van der Waals surface area contributed by atoms with Crippen molar-refractivity contribution in [2.45, 2.75) is 65.0 Å². The average Bonchev–Trinajstić information content (AvgIpc) is 3.24. The van der Waals surface area contributed by atoms with E-state index in [4.69, 9.17) is 4.74 Å². The van der Waals surface area contributed by atoms with Gasteiger partial charge in [0, 0.05) is 37.6 Å². The number of aryl methyl sites for hydroxylation is 2. The molecule has 4 rings (SSSR count). The smallest absolute Gasteiger partial charge is 0.234 e. The Morgan fingerprint density at radius 1 is 1.12 bits per heavy atom. The fourth-order valence-electron chi connectivity index (χ4n) is 4.42. The molecule has 2 aromatic heterocycles. The Balaban J connectivity index is 1.31. The van der Waals surface area contributed by atoms with Crippen molar-refractivity contribution >= 4 is 5.78 Å². The van der Waals surface area contributed by atoms with E-state index in [1.807, 2.05) is 13.1 Å². The Hall–Kier alpha value is -1.46. The molecule has 0 amide bonds. The number of aromatic nitrogens is 3. The highest BCUT2D eigenvalue weighted by Gasteiger charge is 2.23. The lowest BCUT2D eigenvalue weighted by Crippen LogP contribution is -2.37. The summed E-state index contributed by atoms with van der Waals surface area (Å²) in [6.07, 6.45) is 10.3. The van der Waals surface area contributed by atoms with Crippen LogP contribution in [0.2, 0.25) is 0 Å². The van der Waals surface area contributed by atoms with Crippen molar-refractivity contribution in [3.05, 3.63) is 29.3 Å². The molecule has 136 valence electrons. The molecule has 2 aliphatic rings. The summed E-state index contributed by atoms with van der Waals surface area (Å²) >= 11 is 0. The van der Waals surface area contributed by atoms with Gasteiger partial charge in [0.15, 0.2) is 0 Å². The van der Waals surface area contributed by atoms with Gasteiger partial charge >= 0.3 is 0 Å². The first-order chi connectivity index (χ1) is 12.2. The van der Waals surface area contributed by atoms with Crippen molar-refractivity contribution in [2.24, 2.45) is 5.92 Å². The number of hydrogen-bond donors (Lipinski definition) is 0. The molecule has 1 aliphatic heterocycles. The highest BCUT2D eigenvalue weighted by molar-refractivity contribution is 5.35. The van der Waals surface area contributed by atoms with Gasteiger partial charge in [0.1, 0.15) is 0 Å². The first-order valence-corrected chi connectivity index (χ1v) is 9.83. The maximum Gasteiger partial charge on any atom is 0.234 e. The zero-order valence-corrected chi connectivity index (χ0v) is 15.6. The van der Waals surface area contributed by atoms with Crippen LogP contribution in [-0.2, 0) is 11.3 Å². The quantitative estimate of drug-likeness (QED) is 0.834. The molecule has 2 aromatic rings.